The maximum atomic E-state index is 9.00. The number of benzene rings is 2. The molecule has 23 heavy (non-hydrogen) atoms. The lowest BCUT2D eigenvalue weighted by Gasteiger charge is -2.10. The molecular formula is C19H13ClN2O. The van der Waals surface area contributed by atoms with E-state index >= 15 is 0 Å². The first-order valence-corrected chi connectivity index (χ1v) is 7.45. The number of ether oxygens (including phenoxy) is 1. The van der Waals surface area contributed by atoms with Crippen LogP contribution in [-0.4, -0.2) is 4.98 Å². The van der Waals surface area contributed by atoms with Crippen LogP contribution in [0.5, 0.6) is 11.5 Å². The summed E-state index contributed by atoms with van der Waals surface area (Å²) in [6.07, 6.45) is 1.67. The Balaban J connectivity index is 1.98. The van der Waals surface area contributed by atoms with E-state index in [1.165, 1.54) is 0 Å². The molecule has 2 aromatic carbocycles. The zero-order valence-corrected chi connectivity index (χ0v) is 13.2. The van der Waals surface area contributed by atoms with Gasteiger partial charge in [-0.3, -0.25) is 0 Å². The van der Waals surface area contributed by atoms with Gasteiger partial charge in [-0.25, -0.2) is 4.98 Å². The van der Waals surface area contributed by atoms with Crippen LogP contribution in [0.25, 0.3) is 11.1 Å². The first-order valence-electron chi connectivity index (χ1n) is 7.07. The molecule has 3 aromatic rings. The molecule has 0 radical (unpaired) electrons. The summed E-state index contributed by atoms with van der Waals surface area (Å²) in [5, 5.41) is 9.38. The fourth-order valence-corrected chi connectivity index (χ4v) is 2.49. The lowest BCUT2D eigenvalue weighted by molar-refractivity contribution is 0.483. The number of para-hydroxylation sites is 1. The number of halogens is 1. The third kappa shape index (κ3) is 3.18. The minimum Gasteiger partial charge on any atom is -0.457 e. The van der Waals surface area contributed by atoms with Gasteiger partial charge in [0.25, 0.3) is 0 Å². The highest BCUT2D eigenvalue weighted by Gasteiger charge is 2.11. The average molecular weight is 321 g/mol. The highest BCUT2D eigenvalue weighted by molar-refractivity contribution is 6.32. The van der Waals surface area contributed by atoms with Gasteiger partial charge in [0.05, 0.1) is 5.02 Å². The SMILES string of the molecule is Cc1c(-c2cccc(Oc3ccccc3)c2)cnc(C#N)c1Cl. The van der Waals surface area contributed by atoms with Crippen molar-refractivity contribution >= 4 is 11.6 Å². The van der Waals surface area contributed by atoms with E-state index in [1.807, 2.05) is 67.6 Å². The second kappa shape index (κ2) is 6.51. The molecule has 0 aliphatic carbocycles. The zero-order chi connectivity index (χ0) is 16.2. The average Bonchev–Trinajstić information content (AvgIpc) is 2.58. The Morgan fingerprint density at radius 3 is 2.52 bits per heavy atom. The van der Waals surface area contributed by atoms with Crippen LogP contribution in [0.1, 0.15) is 11.3 Å². The molecular weight excluding hydrogens is 308 g/mol. The molecule has 0 bridgehead atoms. The third-order valence-electron chi connectivity index (χ3n) is 3.49. The van der Waals surface area contributed by atoms with Crippen LogP contribution in [0.15, 0.2) is 60.8 Å². The van der Waals surface area contributed by atoms with Crippen LogP contribution in [0.3, 0.4) is 0 Å². The van der Waals surface area contributed by atoms with Crippen LogP contribution in [0.4, 0.5) is 0 Å². The topological polar surface area (TPSA) is 45.9 Å². The van der Waals surface area contributed by atoms with Gasteiger partial charge in [0.1, 0.15) is 17.6 Å². The van der Waals surface area contributed by atoms with E-state index in [0.717, 1.165) is 28.2 Å². The third-order valence-corrected chi connectivity index (χ3v) is 3.96. The number of pyridine rings is 1. The first kappa shape index (κ1) is 15.1. The maximum absolute atomic E-state index is 9.00. The molecule has 0 saturated carbocycles. The molecule has 1 heterocycles. The monoisotopic (exact) mass is 320 g/mol. The normalized spacial score (nSPS) is 10.1. The summed E-state index contributed by atoms with van der Waals surface area (Å²) in [5.41, 5.74) is 2.89. The minimum absolute atomic E-state index is 0.240. The summed E-state index contributed by atoms with van der Waals surface area (Å²) in [6.45, 7) is 1.88. The summed E-state index contributed by atoms with van der Waals surface area (Å²) in [5.74, 6) is 1.51. The molecule has 0 aliphatic heterocycles. The van der Waals surface area contributed by atoms with E-state index in [9.17, 15) is 0 Å². The first-order chi connectivity index (χ1) is 11.2. The fourth-order valence-electron chi connectivity index (χ4n) is 2.30. The van der Waals surface area contributed by atoms with Gasteiger partial charge in [0.2, 0.25) is 0 Å². The standard InChI is InChI=1S/C19H13ClN2O/c1-13-17(12-22-18(11-21)19(13)20)14-6-5-9-16(10-14)23-15-7-3-2-4-8-15/h2-10,12H,1H3. The molecule has 0 amide bonds. The molecule has 0 spiro atoms. The Kier molecular flexibility index (Phi) is 4.27. The van der Waals surface area contributed by atoms with E-state index in [1.54, 1.807) is 6.20 Å². The van der Waals surface area contributed by atoms with Crippen LogP contribution >= 0.6 is 11.6 Å². The zero-order valence-electron chi connectivity index (χ0n) is 12.5. The number of aromatic nitrogens is 1. The largest absolute Gasteiger partial charge is 0.457 e. The predicted octanol–water partition coefficient (Wildman–Crippen LogP) is 5.37. The molecule has 0 saturated heterocycles. The molecule has 3 nitrogen and oxygen atoms in total. The maximum Gasteiger partial charge on any atom is 0.159 e. The van der Waals surface area contributed by atoms with Gasteiger partial charge in [0.15, 0.2) is 5.69 Å². The highest BCUT2D eigenvalue weighted by Crippen LogP contribution is 2.32. The van der Waals surface area contributed by atoms with E-state index in [-0.39, 0.29) is 5.69 Å². The van der Waals surface area contributed by atoms with Gasteiger partial charge in [-0.1, -0.05) is 41.9 Å². The van der Waals surface area contributed by atoms with E-state index in [2.05, 4.69) is 4.98 Å². The van der Waals surface area contributed by atoms with E-state index in [0.29, 0.717) is 5.02 Å². The van der Waals surface area contributed by atoms with Crippen molar-refractivity contribution in [3.05, 3.63) is 77.1 Å². The highest BCUT2D eigenvalue weighted by atomic mass is 35.5. The second-order valence-corrected chi connectivity index (χ2v) is 5.39. The van der Waals surface area contributed by atoms with Gasteiger partial charge in [0, 0.05) is 11.8 Å². The van der Waals surface area contributed by atoms with Crippen LogP contribution in [-0.2, 0) is 0 Å². The van der Waals surface area contributed by atoms with Crippen molar-refractivity contribution in [3.8, 4) is 28.7 Å². The number of nitriles is 1. The molecule has 0 atom stereocenters. The van der Waals surface area contributed by atoms with Gasteiger partial charge in [-0.2, -0.15) is 5.26 Å². The molecule has 0 unspecified atom stereocenters. The quantitative estimate of drug-likeness (QED) is 0.651. The van der Waals surface area contributed by atoms with Crippen molar-refractivity contribution in [2.75, 3.05) is 0 Å². The van der Waals surface area contributed by atoms with Crippen LogP contribution in [0, 0.1) is 18.3 Å². The summed E-state index contributed by atoms with van der Waals surface area (Å²) in [7, 11) is 0. The number of rotatable bonds is 3. The molecule has 0 fully saturated rings. The predicted molar refractivity (Wildman–Crippen MR) is 90.7 cm³/mol. The molecule has 112 valence electrons. The van der Waals surface area contributed by atoms with Crippen molar-refractivity contribution < 1.29 is 4.74 Å². The summed E-state index contributed by atoms with van der Waals surface area (Å²) in [4.78, 5) is 4.11. The molecule has 1 aromatic heterocycles. The lowest BCUT2D eigenvalue weighted by Crippen LogP contribution is -1.92. The fraction of sp³-hybridized carbons (Fsp3) is 0.0526. The Bertz CT molecular complexity index is 886. The van der Waals surface area contributed by atoms with Gasteiger partial charge in [-0.15, -0.1) is 0 Å². The minimum atomic E-state index is 0.240. The van der Waals surface area contributed by atoms with Crippen molar-refractivity contribution in [2.24, 2.45) is 0 Å². The Labute approximate surface area is 139 Å². The Hall–Kier alpha value is -2.83. The summed E-state index contributed by atoms with van der Waals surface area (Å²) >= 11 is 6.20. The second-order valence-electron chi connectivity index (χ2n) is 5.01. The molecule has 0 aliphatic rings. The molecule has 3 rings (SSSR count). The van der Waals surface area contributed by atoms with Gasteiger partial charge in [-0.05, 0) is 42.3 Å². The lowest BCUT2D eigenvalue weighted by atomic mass is 10.0. The van der Waals surface area contributed by atoms with E-state index in [4.69, 9.17) is 21.6 Å². The van der Waals surface area contributed by atoms with Crippen molar-refractivity contribution in [1.82, 2.24) is 4.98 Å². The number of hydrogen-bond donors (Lipinski definition) is 0. The van der Waals surface area contributed by atoms with Crippen LogP contribution in [0.2, 0.25) is 5.02 Å². The van der Waals surface area contributed by atoms with Gasteiger partial charge >= 0.3 is 0 Å². The summed E-state index contributed by atoms with van der Waals surface area (Å²) < 4.78 is 5.85. The number of nitrogens with zero attached hydrogens (tertiary/aromatic N) is 2. The van der Waals surface area contributed by atoms with Crippen molar-refractivity contribution in [1.29, 1.82) is 5.26 Å². The van der Waals surface area contributed by atoms with E-state index < -0.39 is 0 Å². The van der Waals surface area contributed by atoms with Crippen molar-refractivity contribution in [3.63, 3.8) is 0 Å². The Morgan fingerprint density at radius 2 is 1.78 bits per heavy atom. The number of hydrogen-bond acceptors (Lipinski definition) is 3. The smallest absolute Gasteiger partial charge is 0.159 e. The molecule has 0 N–H and O–H groups in total. The molecule has 4 heteroatoms. The Morgan fingerprint density at radius 1 is 1.04 bits per heavy atom. The summed E-state index contributed by atoms with van der Waals surface area (Å²) in [6, 6.07) is 19.3. The van der Waals surface area contributed by atoms with Crippen LogP contribution < -0.4 is 4.74 Å². The van der Waals surface area contributed by atoms with Crippen molar-refractivity contribution in [2.45, 2.75) is 6.92 Å². The van der Waals surface area contributed by atoms with Gasteiger partial charge < -0.3 is 4.74 Å².